The Morgan fingerprint density at radius 2 is 1.90 bits per heavy atom. The predicted molar refractivity (Wildman–Crippen MR) is 144 cm³/mol. The SMILES string of the molecule is CC(C)(C)OC(=O)N1CCC(n2cc(-c3cnc(NNC(=O)Cc4ccc5ncccc5c4)nn3)cn2)CC1. The lowest BCUT2D eigenvalue weighted by Crippen LogP contribution is -2.42. The fourth-order valence-corrected chi connectivity index (χ4v) is 4.36. The first-order chi connectivity index (χ1) is 18.7. The molecule has 12 heteroatoms. The van der Waals surface area contributed by atoms with Crippen LogP contribution in [-0.4, -0.2) is 65.5 Å². The number of fused-ring (bicyclic) bond motifs is 1. The number of aromatic nitrogens is 6. The molecule has 0 spiro atoms. The van der Waals surface area contributed by atoms with Gasteiger partial charge in [0.1, 0.15) is 11.3 Å². The molecule has 2 N–H and O–H groups in total. The smallest absolute Gasteiger partial charge is 0.410 e. The van der Waals surface area contributed by atoms with Gasteiger partial charge in [-0.15, -0.1) is 10.2 Å². The molecule has 1 fully saturated rings. The largest absolute Gasteiger partial charge is 0.444 e. The monoisotopic (exact) mass is 529 g/mol. The highest BCUT2D eigenvalue weighted by atomic mass is 16.6. The zero-order valence-electron chi connectivity index (χ0n) is 22.2. The van der Waals surface area contributed by atoms with Crippen molar-refractivity contribution in [3.63, 3.8) is 0 Å². The lowest BCUT2D eigenvalue weighted by molar-refractivity contribution is -0.119. The van der Waals surface area contributed by atoms with E-state index in [9.17, 15) is 9.59 Å². The zero-order valence-corrected chi connectivity index (χ0v) is 22.2. The fraction of sp³-hybridized carbons (Fsp3) is 0.370. The van der Waals surface area contributed by atoms with E-state index in [0.29, 0.717) is 18.8 Å². The molecular formula is C27H31N9O3. The summed E-state index contributed by atoms with van der Waals surface area (Å²) in [6.45, 7) is 6.82. The molecule has 3 aromatic heterocycles. The van der Waals surface area contributed by atoms with Crippen LogP contribution in [0, 0.1) is 0 Å². The number of nitrogens with one attached hydrogen (secondary N) is 2. The number of pyridine rings is 1. The van der Waals surface area contributed by atoms with Gasteiger partial charge in [-0.2, -0.15) is 5.10 Å². The molecule has 0 saturated carbocycles. The average molecular weight is 530 g/mol. The summed E-state index contributed by atoms with van der Waals surface area (Å²) >= 11 is 0. The lowest BCUT2D eigenvalue weighted by atomic mass is 10.1. The molecule has 2 amide bonds. The number of piperidine rings is 1. The first kappa shape index (κ1) is 26.0. The topological polar surface area (TPSA) is 140 Å². The van der Waals surface area contributed by atoms with Crippen LogP contribution in [0.2, 0.25) is 0 Å². The maximum atomic E-state index is 12.4. The number of hydrogen-bond donors (Lipinski definition) is 2. The summed E-state index contributed by atoms with van der Waals surface area (Å²) in [5, 5.41) is 13.8. The van der Waals surface area contributed by atoms with Crippen molar-refractivity contribution >= 4 is 28.9 Å². The number of carbonyl (C=O) groups excluding carboxylic acids is 2. The summed E-state index contributed by atoms with van der Waals surface area (Å²) in [6, 6.07) is 9.72. The minimum absolute atomic E-state index is 0.174. The minimum Gasteiger partial charge on any atom is -0.444 e. The van der Waals surface area contributed by atoms with Crippen molar-refractivity contribution in [2.24, 2.45) is 0 Å². The van der Waals surface area contributed by atoms with Gasteiger partial charge in [0.05, 0.1) is 30.4 Å². The number of hydrazine groups is 1. The number of benzene rings is 1. The summed E-state index contributed by atoms with van der Waals surface area (Å²) in [5.41, 5.74) is 7.90. The molecule has 1 aliphatic heterocycles. The van der Waals surface area contributed by atoms with Crippen molar-refractivity contribution in [1.29, 1.82) is 0 Å². The molecular weight excluding hydrogens is 498 g/mol. The number of ether oxygens (including phenoxy) is 1. The first-order valence-corrected chi connectivity index (χ1v) is 12.8. The number of anilines is 1. The highest BCUT2D eigenvalue weighted by Gasteiger charge is 2.28. The Morgan fingerprint density at radius 3 is 2.64 bits per heavy atom. The van der Waals surface area contributed by atoms with Crippen molar-refractivity contribution in [1.82, 2.24) is 40.3 Å². The van der Waals surface area contributed by atoms with Gasteiger partial charge in [0, 0.05) is 36.4 Å². The summed E-state index contributed by atoms with van der Waals surface area (Å²) in [5.74, 6) is -0.0540. The molecule has 0 radical (unpaired) electrons. The number of amides is 2. The Labute approximate surface area is 225 Å². The van der Waals surface area contributed by atoms with Crippen molar-refractivity contribution in [3.05, 3.63) is 60.7 Å². The molecule has 1 aliphatic rings. The second kappa shape index (κ2) is 11.0. The third-order valence-corrected chi connectivity index (χ3v) is 6.29. The second-order valence-corrected chi connectivity index (χ2v) is 10.5. The lowest BCUT2D eigenvalue weighted by Gasteiger charge is -2.33. The highest BCUT2D eigenvalue weighted by molar-refractivity contribution is 5.83. The number of nitrogens with zero attached hydrogens (tertiary/aromatic N) is 7. The van der Waals surface area contributed by atoms with Crippen LogP contribution in [0.15, 0.2) is 55.1 Å². The third kappa shape index (κ3) is 6.64. The fourth-order valence-electron chi connectivity index (χ4n) is 4.36. The number of carbonyl (C=O) groups is 2. The normalized spacial score (nSPS) is 14.3. The molecule has 4 aromatic rings. The molecule has 12 nitrogen and oxygen atoms in total. The number of hydrogen-bond acceptors (Lipinski definition) is 9. The second-order valence-electron chi connectivity index (χ2n) is 10.5. The van der Waals surface area contributed by atoms with Gasteiger partial charge in [-0.25, -0.2) is 9.78 Å². The van der Waals surface area contributed by atoms with Crippen LogP contribution in [0.5, 0.6) is 0 Å². The predicted octanol–water partition coefficient (Wildman–Crippen LogP) is 3.54. The Morgan fingerprint density at radius 1 is 1.08 bits per heavy atom. The Kier molecular flexibility index (Phi) is 7.35. The van der Waals surface area contributed by atoms with Crippen LogP contribution < -0.4 is 10.9 Å². The summed E-state index contributed by atoms with van der Waals surface area (Å²) in [7, 11) is 0. The van der Waals surface area contributed by atoms with Gasteiger partial charge in [-0.1, -0.05) is 12.1 Å². The number of likely N-dealkylation sites (tertiary alicyclic amines) is 1. The molecule has 39 heavy (non-hydrogen) atoms. The van der Waals surface area contributed by atoms with E-state index in [1.54, 1.807) is 23.5 Å². The van der Waals surface area contributed by atoms with Crippen molar-refractivity contribution in [2.45, 2.75) is 51.7 Å². The average Bonchev–Trinajstić information content (AvgIpc) is 3.42. The number of rotatable bonds is 6. The van der Waals surface area contributed by atoms with E-state index in [1.807, 2.05) is 62.0 Å². The summed E-state index contributed by atoms with van der Waals surface area (Å²) in [4.78, 5) is 35.0. The molecule has 0 bridgehead atoms. The van der Waals surface area contributed by atoms with Gasteiger partial charge in [0.2, 0.25) is 5.91 Å². The molecule has 0 unspecified atom stereocenters. The van der Waals surface area contributed by atoms with Crippen molar-refractivity contribution < 1.29 is 14.3 Å². The minimum atomic E-state index is -0.507. The van der Waals surface area contributed by atoms with Crippen LogP contribution in [0.4, 0.5) is 10.7 Å². The van der Waals surface area contributed by atoms with Gasteiger partial charge in [0.25, 0.3) is 5.95 Å². The van der Waals surface area contributed by atoms with Crippen LogP contribution in [0.25, 0.3) is 22.2 Å². The summed E-state index contributed by atoms with van der Waals surface area (Å²) in [6.07, 6.45) is 8.42. The molecule has 0 atom stereocenters. The Hall–Kier alpha value is -4.61. The van der Waals surface area contributed by atoms with Crippen LogP contribution >= 0.6 is 0 Å². The van der Waals surface area contributed by atoms with E-state index in [2.05, 4.69) is 36.1 Å². The van der Waals surface area contributed by atoms with E-state index in [0.717, 1.165) is 34.9 Å². The quantitative estimate of drug-likeness (QED) is 0.359. The summed E-state index contributed by atoms with van der Waals surface area (Å²) < 4.78 is 7.37. The van der Waals surface area contributed by atoms with E-state index >= 15 is 0 Å². The standard InChI is InChI=1S/C27H31N9O3/c1-27(2,3)39-26(38)35-11-8-21(9-12-35)36-17-20(15-30-36)23-16-29-25(33-31-23)34-32-24(37)14-18-6-7-22-19(13-18)5-4-10-28-22/h4-7,10,13,15-17,21H,8-9,11-12,14H2,1-3H3,(H,32,37)(H,29,33,34). The van der Waals surface area contributed by atoms with Gasteiger partial charge in [0.15, 0.2) is 0 Å². The zero-order chi connectivity index (χ0) is 27.4. The molecule has 1 aromatic carbocycles. The third-order valence-electron chi connectivity index (χ3n) is 6.29. The first-order valence-electron chi connectivity index (χ1n) is 12.8. The van der Waals surface area contributed by atoms with E-state index in [1.165, 1.54) is 0 Å². The maximum Gasteiger partial charge on any atom is 0.410 e. The maximum absolute atomic E-state index is 12.4. The van der Waals surface area contributed by atoms with Gasteiger partial charge >= 0.3 is 6.09 Å². The van der Waals surface area contributed by atoms with Crippen LogP contribution in [0.1, 0.15) is 45.2 Å². The van der Waals surface area contributed by atoms with E-state index < -0.39 is 5.60 Å². The van der Waals surface area contributed by atoms with E-state index in [4.69, 9.17) is 4.74 Å². The molecule has 0 aliphatic carbocycles. The molecule has 1 saturated heterocycles. The van der Waals surface area contributed by atoms with Crippen molar-refractivity contribution in [2.75, 3.05) is 18.5 Å². The van der Waals surface area contributed by atoms with Crippen molar-refractivity contribution in [3.8, 4) is 11.3 Å². The van der Waals surface area contributed by atoms with Gasteiger partial charge in [-0.05, 0) is 57.4 Å². The molecule has 202 valence electrons. The Bertz CT molecular complexity index is 1460. The van der Waals surface area contributed by atoms with Crippen LogP contribution in [-0.2, 0) is 16.0 Å². The van der Waals surface area contributed by atoms with Crippen LogP contribution in [0.3, 0.4) is 0 Å². The Balaban J connectivity index is 1.11. The molecule has 4 heterocycles. The molecule has 5 rings (SSSR count). The van der Waals surface area contributed by atoms with Gasteiger partial charge in [-0.3, -0.25) is 25.3 Å². The van der Waals surface area contributed by atoms with Gasteiger partial charge < -0.3 is 9.64 Å². The highest BCUT2D eigenvalue weighted by Crippen LogP contribution is 2.25. The van der Waals surface area contributed by atoms with E-state index in [-0.39, 0.29) is 30.4 Å².